The Morgan fingerprint density at radius 3 is 2.48 bits per heavy atom. The minimum atomic E-state index is -1.62. The SMILES string of the molecule is CN=C(NCC(=O)Nc1ccc(F)c(F)c1F)NC1CCCCC1.I. The Hall–Kier alpha value is -1.52. The van der Waals surface area contributed by atoms with Crippen molar-refractivity contribution in [3.63, 3.8) is 0 Å². The minimum Gasteiger partial charge on any atom is -0.354 e. The van der Waals surface area contributed by atoms with Gasteiger partial charge in [0.25, 0.3) is 0 Å². The highest BCUT2D eigenvalue weighted by Gasteiger charge is 2.17. The first kappa shape index (κ1) is 21.5. The number of hydrogen-bond acceptors (Lipinski definition) is 2. The van der Waals surface area contributed by atoms with Gasteiger partial charge in [-0.15, -0.1) is 24.0 Å². The number of amides is 1. The molecule has 1 aliphatic carbocycles. The maximum absolute atomic E-state index is 13.5. The van der Waals surface area contributed by atoms with Gasteiger partial charge in [0.1, 0.15) is 0 Å². The van der Waals surface area contributed by atoms with Gasteiger partial charge in [-0.3, -0.25) is 9.79 Å². The van der Waals surface area contributed by atoms with Crippen molar-refractivity contribution in [2.45, 2.75) is 38.1 Å². The van der Waals surface area contributed by atoms with Crippen LogP contribution in [0.25, 0.3) is 0 Å². The first-order valence-corrected chi connectivity index (χ1v) is 7.91. The molecule has 1 aromatic rings. The molecule has 0 aromatic heterocycles. The molecule has 2 rings (SSSR count). The Morgan fingerprint density at radius 2 is 1.84 bits per heavy atom. The van der Waals surface area contributed by atoms with Crippen molar-refractivity contribution >= 4 is 41.5 Å². The third-order valence-electron chi connectivity index (χ3n) is 3.90. The molecule has 5 nitrogen and oxygen atoms in total. The Balaban J connectivity index is 0.00000312. The summed E-state index contributed by atoms with van der Waals surface area (Å²) >= 11 is 0. The number of carbonyl (C=O) groups is 1. The number of hydrogen-bond donors (Lipinski definition) is 3. The van der Waals surface area contributed by atoms with E-state index in [4.69, 9.17) is 0 Å². The molecule has 25 heavy (non-hydrogen) atoms. The van der Waals surface area contributed by atoms with Crippen LogP contribution in [0.4, 0.5) is 18.9 Å². The lowest BCUT2D eigenvalue weighted by Crippen LogP contribution is -2.46. The summed E-state index contributed by atoms with van der Waals surface area (Å²) in [5.41, 5.74) is -0.407. The number of rotatable bonds is 4. The van der Waals surface area contributed by atoms with Crippen molar-refractivity contribution in [2.75, 3.05) is 18.9 Å². The molecular formula is C16H22F3IN4O. The third-order valence-corrected chi connectivity index (χ3v) is 3.90. The largest absolute Gasteiger partial charge is 0.354 e. The Morgan fingerprint density at radius 1 is 1.16 bits per heavy atom. The van der Waals surface area contributed by atoms with Gasteiger partial charge < -0.3 is 16.0 Å². The Kier molecular flexibility index (Phi) is 9.01. The number of benzene rings is 1. The lowest BCUT2D eigenvalue weighted by molar-refractivity contribution is -0.115. The molecule has 0 saturated heterocycles. The van der Waals surface area contributed by atoms with Crippen molar-refractivity contribution in [1.29, 1.82) is 0 Å². The van der Waals surface area contributed by atoms with Gasteiger partial charge >= 0.3 is 0 Å². The number of aliphatic imine (C=N–C) groups is 1. The van der Waals surface area contributed by atoms with Gasteiger partial charge in [0.15, 0.2) is 23.4 Å². The summed E-state index contributed by atoms with van der Waals surface area (Å²) in [5.74, 6) is -4.46. The molecule has 0 heterocycles. The monoisotopic (exact) mass is 470 g/mol. The fourth-order valence-corrected chi connectivity index (χ4v) is 2.62. The molecular weight excluding hydrogens is 448 g/mol. The van der Waals surface area contributed by atoms with Crippen LogP contribution in [0.5, 0.6) is 0 Å². The van der Waals surface area contributed by atoms with Crippen molar-refractivity contribution < 1.29 is 18.0 Å². The number of carbonyl (C=O) groups excluding carboxylic acids is 1. The van der Waals surface area contributed by atoms with E-state index in [1.54, 1.807) is 7.05 Å². The molecule has 0 unspecified atom stereocenters. The highest BCUT2D eigenvalue weighted by atomic mass is 127. The molecule has 1 aliphatic rings. The number of anilines is 1. The van der Waals surface area contributed by atoms with Crippen molar-refractivity contribution in [2.24, 2.45) is 4.99 Å². The van der Waals surface area contributed by atoms with E-state index in [2.05, 4.69) is 20.9 Å². The van der Waals surface area contributed by atoms with Gasteiger partial charge in [-0.1, -0.05) is 19.3 Å². The molecule has 1 amide bonds. The number of halogens is 4. The number of nitrogens with zero attached hydrogens (tertiary/aromatic N) is 1. The molecule has 0 spiro atoms. The minimum absolute atomic E-state index is 0. The van der Waals surface area contributed by atoms with Crippen molar-refractivity contribution in [3.8, 4) is 0 Å². The van der Waals surface area contributed by atoms with E-state index in [-0.39, 0.29) is 30.5 Å². The van der Waals surface area contributed by atoms with Gasteiger partial charge in [0.05, 0.1) is 12.2 Å². The average molecular weight is 470 g/mol. The molecule has 9 heteroatoms. The van der Waals surface area contributed by atoms with Gasteiger partial charge in [0.2, 0.25) is 5.91 Å². The summed E-state index contributed by atoms with van der Waals surface area (Å²) in [6.45, 7) is -0.176. The lowest BCUT2D eigenvalue weighted by atomic mass is 9.96. The fraction of sp³-hybridized carbons (Fsp3) is 0.500. The Bertz CT molecular complexity index is 622. The zero-order valence-electron chi connectivity index (χ0n) is 13.9. The summed E-state index contributed by atoms with van der Waals surface area (Å²) in [6.07, 6.45) is 5.64. The highest BCUT2D eigenvalue weighted by Crippen LogP contribution is 2.19. The normalized spacial score (nSPS) is 15.3. The summed E-state index contributed by atoms with van der Waals surface area (Å²) in [7, 11) is 1.59. The first-order chi connectivity index (χ1) is 11.5. The maximum Gasteiger partial charge on any atom is 0.243 e. The predicted octanol–water partition coefficient (Wildman–Crippen LogP) is 3.16. The third kappa shape index (κ3) is 6.37. The van der Waals surface area contributed by atoms with Crippen LogP contribution in [0.3, 0.4) is 0 Å². The fourth-order valence-electron chi connectivity index (χ4n) is 2.62. The standard InChI is InChI=1S/C16H21F3N4O.HI/c1-20-16(22-10-5-3-2-4-6-10)21-9-13(24)23-12-8-7-11(17)14(18)15(12)19;/h7-8,10H,2-6,9H2,1H3,(H,23,24)(H2,20,21,22);1H. The van der Waals surface area contributed by atoms with Crippen LogP contribution in [-0.4, -0.2) is 31.5 Å². The Labute approximate surface area is 161 Å². The maximum atomic E-state index is 13.5. The summed E-state index contributed by atoms with van der Waals surface area (Å²) in [5, 5.41) is 8.24. The van der Waals surface area contributed by atoms with E-state index in [9.17, 15) is 18.0 Å². The smallest absolute Gasteiger partial charge is 0.243 e. The molecule has 0 atom stereocenters. The summed E-state index contributed by atoms with van der Waals surface area (Å²) < 4.78 is 39.5. The molecule has 1 saturated carbocycles. The molecule has 1 aromatic carbocycles. The predicted molar refractivity (Wildman–Crippen MR) is 102 cm³/mol. The zero-order chi connectivity index (χ0) is 17.5. The van der Waals surface area contributed by atoms with E-state index < -0.39 is 29.0 Å². The van der Waals surface area contributed by atoms with Gasteiger partial charge in [-0.25, -0.2) is 13.2 Å². The lowest BCUT2D eigenvalue weighted by Gasteiger charge is -2.24. The molecule has 0 aliphatic heterocycles. The second-order valence-corrected chi connectivity index (χ2v) is 5.68. The van der Waals surface area contributed by atoms with Crippen LogP contribution < -0.4 is 16.0 Å². The highest BCUT2D eigenvalue weighted by molar-refractivity contribution is 14.0. The second-order valence-electron chi connectivity index (χ2n) is 5.68. The van der Waals surface area contributed by atoms with Crippen molar-refractivity contribution in [3.05, 3.63) is 29.6 Å². The zero-order valence-corrected chi connectivity index (χ0v) is 16.2. The van der Waals surface area contributed by atoms with Crippen molar-refractivity contribution in [1.82, 2.24) is 10.6 Å². The van der Waals surface area contributed by atoms with Crippen LogP contribution >= 0.6 is 24.0 Å². The van der Waals surface area contributed by atoms with Crippen LogP contribution in [-0.2, 0) is 4.79 Å². The number of guanidine groups is 1. The van der Waals surface area contributed by atoms with E-state index in [0.717, 1.165) is 37.8 Å². The molecule has 0 bridgehead atoms. The summed E-state index contributed by atoms with van der Waals surface area (Å²) in [4.78, 5) is 15.9. The summed E-state index contributed by atoms with van der Waals surface area (Å²) in [6, 6.07) is 2.04. The van der Waals surface area contributed by atoms with E-state index in [1.807, 2.05) is 0 Å². The molecule has 1 fully saturated rings. The van der Waals surface area contributed by atoms with Crippen LogP contribution in [0.1, 0.15) is 32.1 Å². The molecule has 140 valence electrons. The van der Waals surface area contributed by atoms with Crippen LogP contribution in [0.15, 0.2) is 17.1 Å². The first-order valence-electron chi connectivity index (χ1n) is 7.91. The average Bonchev–Trinajstić information content (AvgIpc) is 2.60. The van der Waals surface area contributed by atoms with E-state index >= 15 is 0 Å². The van der Waals surface area contributed by atoms with E-state index in [1.165, 1.54) is 6.42 Å². The quantitative estimate of drug-likeness (QED) is 0.274. The van der Waals surface area contributed by atoms with E-state index in [0.29, 0.717) is 12.0 Å². The van der Waals surface area contributed by atoms with Gasteiger partial charge in [0, 0.05) is 13.1 Å². The van der Waals surface area contributed by atoms with Crippen LogP contribution in [0.2, 0.25) is 0 Å². The van der Waals surface area contributed by atoms with Crippen LogP contribution in [0, 0.1) is 17.5 Å². The van der Waals surface area contributed by atoms with Gasteiger partial charge in [-0.2, -0.15) is 0 Å². The second kappa shape index (κ2) is 10.5. The number of nitrogens with one attached hydrogen (secondary N) is 3. The molecule has 3 N–H and O–H groups in total. The topological polar surface area (TPSA) is 65.5 Å². The van der Waals surface area contributed by atoms with Gasteiger partial charge in [-0.05, 0) is 25.0 Å². The molecule has 0 radical (unpaired) electrons.